The Morgan fingerprint density at radius 3 is 2.62 bits per heavy atom. The minimum absolute atomic E-state index is 0.658. The molecule has 1 aliphatic rings. The van der Waals surface area contributed by atoms with Gasteiger partial charge in [0.25, 0.3) is 0 Å². The van der Waals surface area contributed by atoms with Crippen LogP contribution in [-0.4, -0.2) is 50.8 Å². The molecule has 3 nitrogen and oxygen atoms in total. The Bertz CT molecular complexity index is 167. The Kier molecular flexibility index (Phi) is 7.01. The SMILES string of the molecule is CCC(C)NCCN1CCC(COC)CC1. The standard InChI is InChI=1S/C13H28N2O/c1-4-12(2)14-7-10-15-8-5-13(6-9-15)11-16-3/h12-14H,4-11H2,1-3H3. The van der Waals surface area contributed by atoms with Crippen LogP contribution in [0.15, 0.2) is 0 Å². The van der Waals surface area contributed by atoms with E-state index in [1.807, 2.05) is 7.11 Å². The van der Waals surface area contributed by atoms with Gasteiger partial charge < -0.3 is 15.0 Å². The van der Waals surface area contributed by atoms with Crippen molar-refractivity contribution in [2.75, 3.05) is 39.9 Å². The van der Waals surface area contributed by atoms with Crippen molar-refractivity contribution >= 4 is 0 Å². The van der Waals surface area contributed by atoms with Gasteiger partial charge in [0.05, 0.1) is 0 Å². The first-order valence-electron chi connectivity index (χ1n) is 6.71. The number of nitrogens with one attached hydrogen (secondary N) is 1. The summed E-state index contributed by atoms with van der Waals surface area (Å²) in [5.74, 6) is 0.795. The van der Waals surface area contributed by atoms with Gasteiger partial charge in [-0.2, -0.15) is 0 Å². The van der Waals surface area contributed by atoms with E-state index >= 15 is 0 Å². The molecule has 1 saturated heterocycles. The molecule has 1 heterocycles. The lowest BCUT2D eigenvalue weighted by Crippen LogP contribution is -2.40. The molecule has 0 aromatic rings. The van der Waals surface area contributed by atoms with Gasteiger partial charge in [0.2, 0.25) is 0 Å². The molecule has 0 radical (unpaired) electrons. The first-order valence-corrected chi connectivity index (χ1v) is 6.71. The predicted molar refractivity (Wildman–Crippen MR) is 68.8 cm³/mol. The number of hydrogen-bond donors (Lipinski definition) is 1. The van der Waals surface area contributed by atoms with E-state index in [4.69, 9.17) is 4.74 Å². The van der Waals surface area contributed by atoms with Gasteiger partial charge in [0, 0.05) is 32.8 Å². The summed E-state index contributed by atoms with van der Waals surface area (Å²) in [6.07, 6.45) is 3.82. The van der Waals surface area contributed by atoms with Crippen LogP contribution >= 0.6 is 0 Å². The van der Waals surface area contributed by atoms with E-state index in [9.17, 15) is 0 Å². The summed E-state index contributed by atoms with van der Waals surface area (Å²) in [5, 5.41) is 3.55. The second-order valence-electron chi connectivity index (χ2n) is 5.00. The zero-order valence-electron chi connectivity index (χ0n) is 11.2. The van der Waals surface area contributed by atoms with Crippen LogP contribution in [0.1, 0.15) is 33.1 Å². The summed E-state index contributed by atoms with van der Waals surface area (Å²) in [4.78, 5) is 2.57. The lowest BCUT2D eigenvalue weighted by Gasteiger charge is -2.31. The van der Waals surface area contributed by atoms with Gasteiger partial charge in [-0.3, -0.25) is 0 Å². The van der Waals surface area contributed by atoms with Crippen molar-refractivity contribution in [2.24, 2.45) is 5.92 Å². The van der Waals surface area contributed by atoms with E-state index in [1.165, 1.54) is 38.9 Å². The molecule has 0 aromatic carbocycles. The molecule has 1 unspecified atom stereocenters. The van der Waals surface area contributed by atoms with Crippen LogP contribution in [0.25, 0.3) is 0 Å². The van der Waals surface area contributed by atoms with Crippen molar-refractivity contribution in [1.82, 2.24) is 10.2 Å². The van der Waals surface area contributed by atoms with Crippen molar-refractivity contribution in [1.29, 1.82) is 0 Å². The first kappa shape index (κ1) is 13.9. The first-order chi connectivity index (χ1) is 7.76. The quantitative estimate of drug-likeness (QED) is 0.718. The monoisotopic (exact) mass is 228 g/mol. The molecule has 3 heteroatoms. The summed E-state index contributed by atoms with van der Waals surface area (Å²) in [6.45, 7) is 10.2. The molecular formula is C13H28N2O. The summed E-state index contributed by atoms with van der Waals surface area (Å²) in [5.41, 5.74) is 0. The highest BCUT2D eigenvalue weighted by Gasteiger charge is 2.18. The largest absolute Gasteiger partial charge is 0.384 e. The summed E-state index contributed by atoms with van der Waals surface area (Å²) in [7, 11) is 1.81. The normalized spacial score (nSPS) is 21.2. The summed E-state index contributed by atoms with van der Waals surface area (Å²) < 4.78 is 5.21. The molecule has 0 bridgehead atoms. The zero-order valence-corrected chi connectivity index (χ0v) is 11.2. The molecule has 1 atom stereocenters. The lowest BCUT2D eigenvalue weighted by molar-refractivity contribution is 0.0996. The van der Waals surface area contributed by atoms with E-state index in [2.05, 4.69) is 24.1 Å². The summed E-state index contributed by atoms with van der Waals surface area (Å²) in [6, 6.07) is 0.658. The minimum Gasteiger partial charge on any atom is -0.384 e. The molecule has 0 saturated carbocycles. The van der Waals surface area contributed by atoms with Crippen molar-refractivity contribution < 1.29 is 4.74 Å². The number of nitrogens with zero attached hydrogens (tertiary/aromatic N) is 1. The van der Waals surface area contributed by atoms with Crippen molar-refractivity contribution in [3.63, 3.8) is 0 Å². The number of ether oxygens (including phenoxy) is 1. The van der Waals surface area contributed by atoms with E-state index in [1.54, 1.807) is 0 Å². The molecule has 16 heavy (non-hydrogen) atoms. The maximum absolute atomic E-state index is 5.21. The maximum atomic E-state index is 5.21. The molecule has 1 fully saturated rings. The lowest BCUT2D eigenvalue weighted by atomic mass is 9.98. The molecule has 1 rings (SSSR count). The third-order valence-corrected chi connectivity index (χ3v) is 3.64. The van der Waals surface area contributed by atoms with E-state index in [0.29, 0.717) is 6.04 Å². The highest BCUT2D eigenvalue weighted by molar-refractivity contribution is 4.72. The molecule has 96 valence electrons. The topological polar surface area (TPSA) is 24.5 Å². The highest BCUT2D eigenvalue weighted by atomic mass is 16.5. The van der Waals surface area contributed by atoms with Gasteiger partial charge in [-0.1, -0.05) is 6.92 Å². The van der Waals surface area contributed by atoms with Crippen molar-refractivity contribution in [3.05, 3.63) is 0 Å². The predicted octanol–water partition coefficient (Wildman–Crippen LogP) is 1.73. The van der Waals surface area contributed by atoms with Crippen LogP contribution in [-0.2, 0) is 4.74 Å². The second kappa shape index (κ2) is 8.04. The van der Waals surface area contributed by atoms with Gasteiger partial charge in [-0.25, -0.2) is 0 Å². The average Bonchev–Trinajstić information content (AvgIpc) is 2.31. The van der Waals surface area contributed by atoms with Crippen LogP contribution in [0, 0.1) is 5.92 Å². The fourth-order valence-electron chi connectivity index (χ4n) is 2.23. The van der Waals surface area contributed by atoms with Crippen LogP contribution in [0.5, 0.6) is 0 Å². The van der Waals surface area contributed by atoms with E-state index in [0.717, 1.165) is 19.1 Å². The minimum atomic E-state index is 0.658. The molecule has 0 spiro atoms. The second-order valence-corrected chi connectivity index (χ2v) is 5.00. The fourth-order valence-corrected chi connectivity index (χ4v) is 2.23. The van der Waals surface area contributed by atoms with Gasteiger partial charge in [0.15, 0.2) is 0 Å². The van der Waals surface area contributed by atoms with E-state index < -0.39 is 0 Å². The molecule has 1 N–H and O–H groups in total. The number of hydrogen-bond acceptors (Lipinski definition) is 3. The molecular weight excluding hydrogens is 200 g/mol. The number of rotatable bonds is 7. The average molecular weight is 228 g/mol. The Morgan fingerprint density at radius 1 is 1.38 bits per heavy atom. The van der Waals surface area contributed by atoms with E-state index in [-0.39, 0.29) is 0 Å². The number of likely N-dealkylation sites (tertiary alicyclic amines) is 1. The van der Waals surface area contributed by atoms with Crippen LogP contribution in [0.4, 0.5) is 0 Å². The highest BCUT2D eigenvalue weighted by Crippen LogP contribution is 2.16. The van der Waals surface area contributed by atoms with Gasteiger partial charge >= 0.3 is 0 Å². The van der Waals surface area contributed by atoms with Gasteiger partial charge in [-0.05, 0) is 45.2 Å². The van der Waals surface area contributed by atoms with Crippen LogP contribution in [0.2, 0.25) is 0 Å². The number of methoxy groups -OCH3 is 1. The number of piperidine rings is 1. The van der Waals surface area contributed by atoms with Crippen LogP contribution < -0.4 is 5.32 Å². The molecule has 0 aliphatic carbocycles. The molecule has 0 aromatic heterocycles. The Balaban J connectivity index is 2.03. The zero-order chi connectivity index (χ0) is 11.8. The third-order valence-electron chi connectivity index (χ3n) is 3.64. The van der Waals surface area contributed by atoms with Gasteiger partial charge in [0.1, 0.15) is 0 Å². The summed E-state index contributed by atoms with van der Waals surface area (Å²) >= 11 is 0. The smallest absolute Gasteiger partial charge is 0.0491 e. The molecule has 1 aliphatic heterocycles. The Morgan fingerprint density at radius 2 is 2.06 bits per heavy atom. The Hall–Kier alpha value is -0.120. The third kappa shape index (κ3) is 5.28. The van der Waals surface area contributed by atoms with Gasteiger partial charge in [-0.15, -0.1) is 0 Å². The van der Waals surface area contributed by atoms with Crippen LogP contribution in [0.3, 0.4) is 0 Å². The fraction of sp³-hybridized carbons (Fsp3) is 1.00. The molecule has 0 amide bonds. The Labute approximate surface area is 101 Å². The van der Waals surface area contributed by atoms with Crippen molar-refractivity contribution in [2.45, 2.75) is 39.2 Å². The van der Waals surface area contributed by atoms with Crippen molar-refractivity contribution in [3.8, 4) is 0 Å². The maximum Gasteiger partial charge on any atom is 0.0491 e.